The Bertz CT molecular complexity index is 389. The fraction of sp³-hybridized carbons (Fsp3) is 0.556. The van der Waals surface area contributed by atoms with E-state index in [1.165, 1.54) is 0 Å². The average Bonchev–Trinajstić information content (AvgIpc) is 2.64. The van der Waals surface area contributed by atoms with Crippen LogP contribution in [0.5, 0.6) is 0 Å². The molecule has 8 heteroatoms. The zero-order valence-electron chi connectivity index (χ0n) is 9.03. The summed E-state index contributed by atoms with van der Waals surface area (Å²) in [5.74, 6) is -1.13. The van der Waals surface area contributed by atoms with E-state index in [1.54, 1.807) is 6.92 Å². The maximum absolute atomic E-state index is 12.2. The van der Waals surface area contributed by atoms with Crippen molar-refractivity contribution in [1.29, 1.82) is 0 Å². The van der Waals surface area contributed by atoms with Crippen LogP contribution in [0.15, 0.2) is 12.3 Å². The number of carbonyl (C=O) groups is 1. The summed E-state index contributed by atoms with van der Waals surface area (Å²) in [6, 6.07) is -0.147. The predicted molar refractivity (Wildman–Crippen MR) is 52.3 cm³/mol. The van der Waals surface area contributed by atoms with Crippen molar-refractivity contribution in [3.63, 3.8) is 0 Å². The molecule has 0 saturated carbocycles. The van der Waals surface area contributed by atoms with E-state index in [0.29, 0.717) is 6.54 Å². The summed E-state index contributed by atoms with van der Waals surface area (Å²) in [5, 5.41) is 14.7. The normalized spacial score (nSPS) is 13.6. The van der Waals surface area contributed by atoms with Gasteiger partial charge in [-0.25, -0.2) is 0 Å². The Morgan fingerprint density at radius 3 is 2.71 bits per heavy atom. The third-order valence-electron chi connectivity index (χ3n) is 2.05. The number of nitrogens with one attached hydrogen (secondary N) is 1. The topological polar surface area (TPSA) is 67.2 Å². The molecule has 17 heavy (non-hydrogen) atoms. The Morgan fingerprint density at radius 1 is 1.65 bits per heavy atom. The first-order chi connectivity index (χ1) is 7.84. The molecule has 0 spiro atoms. The molecular weight excluding hydrogens is 239 g/mol. The molecule has 0 aromatic carbocycles. The zero-order chi connectivity index (χ0) is 13.1. The minimum atomic E-state index is -4.51. The molecule has 5 nitrogen and oxygen atoms in total. The van der Waals surface area contributed by atoms with E-state index < -0.39 is 23.9 Å². The molecule has 1 aromatic heterocycles. The van der Waals surface area contributed by atoms with Crippen LogP contribution in [0.2, 0.25) is 0 Å². The molecule has 0 fully saturated rings. The first kappa shape index (κ1) is 13.5. The highest BCUT2D eigenvalue weighted by atomic mass is 19.4. The molecule has 96 valence electrons. The fourth-order valence-corrected chi connectivity index (χ4v) is 1.28. The van der Waals surface area contributed by atoms with Gasteiger partial charge < -0.3 is 10.4 Å². The summed E-state index contributed by atoms with van der Waals surface area (Å²) < 4.78 is 37.7. The van der Waals surface area contributed by atoms with Gasteiger partial charge in [0.1, 0.15) is 6.04 Å². The number of carboxylic acid groups (broad SMARTS) is 1. The molecule has 1 atom stereocenters. The Hall–Kier alpha value is -1.57. The molecule has 2 N–H and O–H groups in total. The van der Waals surface area contributed by atoms with Crippen LogP contribution in [0.4, 0.5) is 13.2 Å². The molecular formula is C9H12F3N3O2. The third kappa shape index (κ3) is 3.74. The van der Waals surface area contributed by atoms with Gasteiger partial charge in [-0.1, -0.05) is 6.92 Å². The summed E-state index contributed by atoms with van der Waals surface area (Å²) in [6.07, 6.45) is -3.40. The molecule has 1 rings (SSSR count). The van der Waals surface area contributed by atoms with Crippen LogP contribution >= 0.6 is 0 Å². The van der Waals surface area contributed by atoms with Gasteiger partial charge in [-0.2, -0.15) is 18.3 Å². The van der Waals surface area contributed by atoms with Crippen molar-refractivity contribution in [2.75, 3.05) is 6.54 Å². The van der Waals surface area contributed by atoms with Crippen LogP contribution in [-0.2, 0) is 17.5 Å². The first-order valence-electron chi connectivity index (χ1n) is 4.91. The van der Waals surface area contributed by atoms with E-state index >= 15 is 0 Å². The maximum atomic E-state index is 12.2. The van der Waals surface area contributed by atoms with Gasteiger partial charge in [0.2, 0.25) is 0 Å². The zero-order valence-corrected chi connectivity index (χ0v) is 9.03. The minimum Gasteiger partial charge on any atom is -0.480 e. The van der Waals surface area contributed by atoms with Crippen molar-refractivity contribution in [2.24, 2.45) is 0 Å². The van der Waals surface area contributed by atoms with Gasteiger partial charge in [-0.15, -0.1) is 0 Å². The Kier molecular flexibility index (Phi) is 4.11. The van der Waals surface area contributed by atoms with E-state index in [2.05, 4.69) is 10.4 Å². The lowest BCUT2D eigenvalue weighted by Crippen LogP contribution is -2.40. The van der Waals surface area contributed by atoms with Crippen LogP contribution in [0.3, 0.4) is 0 Å². The van der Waals surface area contributed by atoms with Crippen molar-refractivity contribution in [3.8, 4) is 0 Å². The molecule has 0 aliphatic heterocycles. The number of alkyl halides is 3. The Balaban J connectivity index is 2.74. The first-order valence-corrected chi connectivity index (χ1v) is 4.91. The molecule has 0 saturated heterocycles. The van der Waals surface area contributed by atoms with Gasteiger partial charge >= 0.3 is 12.1 Å². The highest BCUT2D eigenvalue weighted by Crippen LogP contribution is 2.27. The van der Waals surface area contributed by atoms with Crippen molar-refractivity contribution in [3.05, 3.63) is 18.0 Å². The van der Waals surface area contributed by atoms with E-state index in [9.17, 15) is 18.0 Å². The Labute approximate surface area is 95.2 Å². The van der Waals surface area contributed by atoms with Gasteiger partial charge in [-0.3, -0.25) is 9.48 Å². The molecule has 0 bridgehead atoms. The fourth-order valence-electron chi connectivity index (χ4n) is 1.28. The van der Waals surface area contributed by atoms with E-state index in [0.717, 1.165) is 16.9 Å². The lowest BCUT2D eigenvalue weighted by molar-refractivity contribution is -0.141. The van der Waals surface area contributed by atoms with Crippen molar-refractivity contribution in [1.82, 2.24) is 15.1 Å². The van der Waals surface area contributed by atoms with E-state index in [-0.39, 0.29) is 6.54 Å². The number of rotatable bonds is 5. The van der Waals surface area contributed by atoms with Crippen LogP contribution in [0.25, 0.3) is 0 Å². The van der Waals surface area contributed by atoms with Gasteiger partial charge in [0.15, 0.2) is 5.69 Å². The summed E-state index contributed by atoms with van der Waals surface area (Å²) >= 11 is 0. The molecule has 0 amide bonds. The summed E-state index contributed by atoms with van der Waals surface area (Å²) in [7, 11) is 0. The number of likely N-dealkylation sites (N-methyl/N-ethyl adjacent to an activating group) is 1. The second-order valence-corrected chi connectivity index (χ2v) is 3.37. The van der Waals surface area contributed by atoms with Gasteiger partial charge in [0.05, 0.1) is 6.54 Å². The highest BCUT2D eigenvalue weighted by Gasteiger charge is 2.33. The predicted octanol–water partition coefficient (Wildman–Crippen LogP) is 0.965. The van der Waals surface area contributed by atoms with Crippen LogP contribution in [0.1, 0.15) is 12.6 Å². The van der Waals surface area contributed by atoms with E-state index in [1.807, 2.05) is 0 Å². The molecule has 0 aliphatic carbocycles. The number of aromatic nitrogens is 2. The molecule has 1 aromatic rings. The minimum absolute atomic E-state index is 0.154. The number of halogens is 3. The molecule has 0 aliphatic rings. The Morgan fingerprint density at radius 2 is 2.29 bits per heavy atom. The maximum Gasteiger partial charge on any atom is 0.435 e. The van der Waals surface area contributed by atoms with Gasteiger partial charge in [0.25, 0.3) is 0 Å². The standard InChI is InChI=1S/C9H12F3N3O2/c1-2-13-6(8(16)17)5-15-4-3-7(14-15)9(10,11)12/h3-4,6,13H,2,5H2,1H3,(H,16,17). The number of hydrogen-bond acceptors (Lipinski definition) is 3. The SMILES string of the molecule is CCNC(Cn1ccc(C(F)(F)F)n1)C(=O)O. The van der Waals surface area contributed by atoms with Crippen molar-refractivity contribution < 1.29 is 23.1 Å². The second-order valence-electron chi connectivity index (χ2n) is 3.37. The third-order valence-corrected chi connectivity index (χ3v) is 2.05. The summed E-state index contributed by atoms with van der Waals surface area (Å²) in [5.41, 5.74) is -1.03. The lowest BCUT2D eigenvalue weighted by atomic mass is 10.3. The monoisotopic (exact) mass is 251 g/mol. The van der Waals surface area contributed by atoms with Crippen molar-refractivity contribution in [2.45, 2.75) is 25.7 Å². The smallest absolute Gasteiger partial charge is 0.435 e. The van der Waals surface area contributed by atoms with E-state index in [4.69, 9.17) is 5.11 Å². The number of nitrogens with zero attached hydrogens (tertiary/aromatic N) is 2. The molecule has 0 radical (unpaired) electrons. The lowest BCUT2D eigenvalue weighted by Gasteiger charge is -2.12. The van der Waals surface area contributed by atoms with Crippen LogP contribution in [-0.4, -0.2) is 33.4 Å². The summed E-state index contributed by atoms with van der Waals surface area (Å²) in [4.78, 5) is 10.8. The second kappa shape index (κ2) is 5.17. The van der Waals surface area contributed by atoms with Gasteiger partial charge in [0, 0.05) is 6.20 Å². The van der Waals surface area contributed by atoms with Crippen molar-refractivity contribution >= 4 is 5.97 Å². The summed E-state index contributed by atoms with van der Waals surface area (Å²) in [6.45, 7) is 1.96. The largest absolute Gasteiger partial charge is 0.480 e. The van der Waals surface area contributed by atoms with Crippen LogP contribution in [0, 0.1) is 0 Å². The molecule has 1 unspecified atom stereocenters. The van der Waals surface area contributed by atoms with Crippen LogP contribution < -0.4 is 5.32 Å². The number of carboxylic acids is 1. The average molecular weight is 251 g/mol. The van der Waals surface area contributed by atoms with Gasteiger partial charge in [-0.05, 0) is 12.6 Å². The highest BCUT2D eigenvalue weighted by molar-refractivity contribution is 5.73. The number of hydrogen-bond donors (Lipinski definition) is 2. The number of aliphatic carboxylic acids is 1. The quantitative estimate of drug-likeness (QED) is 0.818. The molecule has 1 heterocycles.